The van der Waals surface area contributed by atoms with Crippen LogP contribution in [0.5, 0.6) is 0 Å². The fraction of sp³-hybridized carbons (Fsp3) is 1.00. The van der Waals surface area contributed by atoms with Crippen LogP contribution in [-0.2, 0) is 4.74 Å². The summed E-state index contributed by atoms with van der Waals surface area (Å²) in [7, 11) is 0. The molecule has 3 heteroatoms. The largest absolute Gasteiger partial charge is 0.389 e. The number of aliphatic hydroxyl groups excluding tert-OH is 1. The van der Waals surface area contributed by atoms with Crippen LogP contribution in [0.1, 0.15) is 66.2 Å². The van der Waals surface area contributed by atoms with E-state index in [4.69, 9.17) is 4.74 Å². The summed E-state index contributed by atoms with van der Waals surface area (Å²) in [4.78, 5) is 0. The molecule has 1 aliphatic rings. The Morgan fingerprint density at radius 3 is 2.35 bits per heavy atom. The van der Waals surface area contributed by atoms with E-state index < -0.39 is 0 Å². The minimum atomic E-state index is -0.379. The minimum absolute atomic E-state index is 0.374. The van der Waals surface area contributed by atoms with Crippen LogP contribution in [0, 0.1) is 11.8 Å². The van der Waals surface area contributed by atoms with Gasteiger partial charge in [0.15, 0.2) is 0 Å². The van der Waals surface area contributed by atoms with Crippen molar-refractivity contribution in [3.05, 3.63) is 0 Å². The second-order valence-electron chi connectivity index (χ2n) is 7.15. The third-order valence-corrected chi connectivity index (χ3v) is 4.37. The quantitative estimate of drug-likeness (QED) is 0.682. The van der Waals surface area contributed by atoms with Crippen molar-refractivity contribution >= 4 is 0 Å². The lowest BCUT2D eigenvalue weighted by molar-refractivity contribution is -0.0283. The summed E-state index contributed by atoms with van der Waals surface area (Å²) in [6.45, 7) is 10.1. The van der Waals surface area contributed by atoms with E-state index in [2.05, 4.69) is 33.0 Å². The summed E-state index contributed by atoms with van der Waals surface area (Å²) in [5.74, 6) is 1.60. The lowest BCUT2D eigenvalue weighted by Gasteiger charge is -2.27. The number of aliphatic hydroxyl groups is 1. The smallest absolute Gasteiger partial charge is 0.0897 e. The molecule has 2 atom stereocenters. The molecule has 0 spiro atoms. The standard InChI is InChI=1S/C17H35NO2/c1-13(2)5-8-15(4)18-11-16(19)12-20-17-9-6-14(3)7-10-17/h13-19H,5-12H2,1-4H3. The van der Waals surface area contributed by atoms with Crippen LogP contribution in [0.2, 0.25) is 0 Å². The number of hydrogen-bond donors (Lipinski definition) is 2. The van der Waals surface area contributed by atoms with Gasteiger partial charge in [0.25, 0.3) is 0 Å². The lowest BCUT2D eigenvalue weighted by atomic mass is 9.89. The van der Waals surface area contributed by atoms with Gasteiger partial charge in [-0.2, -0.15) is 0 Å². The van der Waals surface area contributed by atoms with E-state index in [0.29, 0.717) is 25.3 Å². The molecule has 2 N–H and O–H groups in total. The van der Waals surface area contributed by atoms with Crippen molar-refractivity contribution < 1.29 is 9.84 Å². The van der Waals surface area contributed by atoms with E-state index in [0.717, 1.165) is 24.7 Å². The van der Waals surface area contributed by atoms with Crippen LogP contribution in [0.4, 0.5) is 0 Å². The average Bonchev–Trinajstić information content (AvgIpc) is 2.42. The summed E-state index contributed by atoms with van der Waals surface area (Å²) in [5, 5.41) is 13.4. The predicted octanol–water partition coefficient (Wildman–Crippen LogP) is 3.36. The molecule has 0 aliphatic heterocycles. The van der Waals surface area contributed by atoms with E-state index in [-0.39, 0.29) is 6.10 Å². The monoisotopic (exact) mass is 285 g/mol. The number of ether oxygens (including phenoxy) is 1. The van der Waals surface area contributed by atoms with Crippen LogP contribution >= 0.6 is 0 Å². The zero-order chi connectivity index (χ0) is 15.0. The van der Waals surface area contributed by atoms with Gasteiger partial charge in [-0.1, -0.05) is 20.8 Å². The molecule has 120 valence electrons. The van der Waals surface area contributed by atoms with Crippen molar-refractivity contribution in [3.8, 4) is 0 Å². The van der Waals surface area contributed by atoms with Gasteiger partial charge in [0.05, 0.1) is 18.8 Å². The zero-order valence-corrected chi connectivity index (χ0v) is 13.9. The molecule has 0 saturated heterocycles. The summed E-state index contributed by atoms with van der Waals surface area (Å²) in [5.41, 5.74) is 0. The third kappa shape index (κ3) is 8.23. The van der Waals surface area contributed by atoms with Crippen LogP contribution in [-0.4, -0.2) is 36.5 Å². The van der Waals surface area contributed by atoms with E-state index in [1.165, 1.54) is 25.7 Å². The van der Waals surface area contributed by atoms with Crippen LogP contribution < -0.4 is 5.32 Å². The molecule has 1 fully saturated rings. The first-order valence-corrected chi connectivity index (χ1v) is 8.50. The molecular weight excluding hydrogens is 250 g/mol. The molecule has 1 aliphatic carbocycles. The molecule has 0 bridgehead atoms. The van der Waals surface area contributed by atoms with Crippen LogP contribution in [0.15, 0.2) is 0 Å². The van der Waals surface area contributed by atoms with Crippen molar-refractivity contribution in [2.75, 3.05) is 13.2 Å². The van der Waals surface area contributed by atoms with Crippen LogP contribution in [0.3, 0.4) is 0 Å². The fourth-order valence-corrected chi connectivity index (χ4v) is 2.72. The molecular formula is C17H35NO2. The minimum Gasteiger partial charge on any atom is -0.389 e. The van der Waals surface area contributed by atoms with E-state index in [1.54, 1.807) is 0 Å². The van der Waals surface area contributed by atoms with Crippen LogP contribution in [0.25, 0.3) is 0 Å². The Labute approximate surface area is 125 Å². The Kier molecular flexibility index (Phi) is 8.74. The Morgan fingerprint density at radius 2 is 1.75 bits per heavy atom. The zero-order valence-electron chi connectivity index (χ0n) is 13.9. The van der Waals surface area contributed by atoms with E-state index in [1.807, 2.05) is 0 Å². The Morgan fingerprint density at radius 1 is 1.10 bits per heavy atom. The Bertz CT molecular complexity index is 237. The molecule has 0 aromatic heterocycles. The van der Waals surface area contributed by atoms with Crippen molar-refractivity contribution in [2.24, 2.45) is 11.8 Å². The molecule has 0 aromatic rings. The highest BCUT2D eigenvalue weighted by atomic mass is 16.5. The predicted molar refractivity (Wildman–Crippen MR) is 84.9 cm³/mol. The third-order valence-electron chi connectivity index (χ3n) is 4.37. The molecule has 1 saturated carbocycles. The number of hydrogen-bond acceptors (Lipinski definition) is 3. The van der Waals surface area contributed by atoms with E-state index in [9.17, 15) is 5.11 Å². The van der Waals surface area contributed by atoms with Gasteiger partial charge >= 0.3 is 0 Å². The van der Waals surface area contributed by atoms with Crippen molar-refractivity contribution in [1.82, 2.24) is 5.32 Å². The maximum Gasteiger partial charge on any atom is 0.0897 e. The normalized spacial score (nSPS) is 26.7. The lowest BCUT2D eigenvalue weighted by Crippen LogP contribution is -2.37. The maximum atomic E-state index is 9.97. The molecule has 0 heterocycles. The molecule has 3 nitrogen and oxygen atoms in total. The van der Waals surface area contributed by atoms with Gasteiger partial charge in [0, 0.05) is 12.6 Å². The van der Waals surface area contributed by atoms with Crippen molar-refractivity contribution in [1.29, 1.82) is 0 Å². The molecule has 0 aromatic carbocycles. The molecule has 1 rings (SSSR count). The molecule has 20 heavy (non-hydrogen) atoms. The summed E-state index contributed by atoms with van der Waals surface area (Å²) in [6.07, 6.45) is 7.26. The van der Waals surface area contributed by atoms with E-state index >= 15 is 0 Å². The van der Waals surface area contributed by atoms with Gasteiger partial charge in [-0.3, -0.25) is 0 Å². The van der Waals surface area contributed by atoms with Gasteiger partial charge in [-0.25, -0.2) is 0 Å². The second-order valence-corrected chi connectivity index (χ2v) is 7.15. The fourth-order valence-electron chi connectivity index (χ4n) is 2.72. The highest BCUT2D eigenvalue weighted by molar-refractivity contribution is 4.71. The molecule has 0 amide bonds. The summed E-state index contributed by atoms with van der Waals surface area (Å²) < 4.78 is 5.83. The SMILES string of the molecule is CC(C)CCC(C)NCC(O)COC1CCC(C)CC1. The highest BCUT2D eigenvalue weighted by Crippen LogP contribution is 2.25. The second kappa shape index (κ2) is 9.75. The van der Waals surface area contributed by atoms with Gasteiger partial charge in [0.1, 0.15) is 0 Å². The Hall–Kier alpha value is -0.120. The molecule has 0 radical (unpaired) electrons. The highest BCUT2D eigenvalue weighted by Gasteiger charge is 2.19. The van der Waals surface area contributed by atoms with Crippen molar-refractivity contribution in [2.45, 2.75) is 84.5 Å². The molecule has 2 unspecified atom stereocenters. The maximum absolute atomic E-state index is 9.97. The first-order chi connectivity index (χ1) is 9.47. The number of rotatable bonds is 9. The summed E-state index contributed by atoms with van der Waals surface area (Å²) in [6, 6.07) is 0.475. The summed E-state index contributed by atoms with van der Waals surface area (Å²) >= 11 is 0. The first-order valence-electron chi connectivity index (χ1n) is 8.50. The Balaban J connectivity index is 2.03. The van der Waals surface area contributed by atoms with Gasteiger partial charge in [0.2, 0.25) is 0 Å². The van der Waals surface area contributed by atoms with Crippen molar-refractivity contribution in [3.63, 3.8) is 0 Å². The van der Waals surface area contributed by atoms with Gasteiger partial charge in [-0.15, -0.1) is 0 Å². The topological polar surface area (TPSA) is 41.5 Å². The average molecular weight is 285 g/mol. The first kappa shape index (κ1) is 17.9. The van der Waals surface area contributed by atoms with Gasteiger partial charge < -0.3 is 15.2 Å². The van der Waals surface area contributed by atoms with Gasteiger partial charge in [-0.05, 0) is 57.3 Å². The number of nitrogens with one attached hydrogen (secondary N) is 1.